The summed E-state index contributed by atoms with van der Waals surface area (Å²) in [5, 5.41) is 14.3. The maximum Gasteiger partial charge on any atom is 0.244 e. The van der Waals surface area contributed by atoms with Gasteiger partial charge in [-0.1, -0.05) is 18.2 Å². The van der Waals surface area contributed by atoms with Crippen molar-refractivity contribution in [2.45, 2.75) is 25.5 Å². The van der Waals surface area contributed by atoms with E-state index >= 15 is 0 Å². The van der Waals surface area contributed by atoms with Gasteiger partial charge in [0.1, 0.15) is 12.4 Å². The number of aliphatic hydroxyl groups excluding tert-OH is 1. The van der Waals surface area contributed by atoms with Gasteiger partial charge in [-0.05, 0) is 36.5 Å². The van der Waals surface area contributed by atoms with E-state index in [0.717, 1.165) is 0 Å². The van der Waals surface area contributed by atoms with Crippen LogP contribution in [0.2, 0.25) is 0 Å². The number of carbonyl (C=O) groups excluding carboxylic acids is 1. The third-order valence-corrected chi connectivity index (χ3v) is 4.37. The van der Waals surface area contributed by atoms with E-state index in [-0.39, 0.29) is 24.2 Å². The predicted molar refractivity (Wildman–Crippen MR) is 83.0 cm³/mol. The molecule has 0 unspecified atom stereocenters. The first-order chi connectivity index (χ1) is 11.1. The number of aromatic nitrogens is 2. The van der Waals surface area contributed by atoms with Crippen molar-refractivity contribution >= 4 is 5.91 Å². The van der Waals surface area contributed by atoms with Gasteiger partial charge in [-0.3, -0.25) is 9.48 Å². The minimum absolute atomic E-state index is 0.0272. The molecule has 1 aliphatic heterocycles. The summed E-state index contributed by atoms with van der Waals surface area (Å²) in [7, 11) is 0. The number of aliphatic hydroxyl groups is 1. The second kappa shape index (κ2) is 6.91. The second-order valence-corrected chi connectivity index (χ2v) is 5.96. The summed E-state index contributed by atoms with van der Waals surface area (Å²) in [4.78, 5) is 13.9. The zero-order valence-electron chi connectivity index (χ0n) is 12.8. The molecule has 0 bridgehead atoms. The molecule has 1 aliphatic rings. The molecule has 1 N–H and O–H groups in total. The number of hydrogen-bond donors (Lipinski definition) is 1. The fourth-order valence-electron chi connectivity index (χ4n) is 3.02. The Labute approximate surface area is 134 Å². The third-order valence-electron chi connectivity index (χ3n) is 4.37. The molecule has 0 spiro atoms. The minimum Gasteiger partial charge on any atom is -0.391 e. The van der Waals surface area contributed by atoms with Gasteiger partial charge in [0.05, 0.1) is 6.10 Å². The Morgan fingerprint density at radius 1 is 1.35 bits per heavy atom. The lowest BCUT2D eigenvalue weighted by Crippen LogP contribution is -2.48. The maximum absolute atomic E-state index is 13.7. The molecular weight excluding hydrogens is 297 g/mol. The second-order valence-electron chi connectivity index (χ2n) is 5.96. The Hall–Kier alpha value is -2.21. The van der Waals surface area contributed by atoms with E-state index in [2.05, 4.69) is 5.10 Å². The average Bonchev–Trinajstić information content (AvgIpc) is 3.04. The fourth-order valence-corrected chi connectivity index (χ4v) is 3.02. The molecule has 2 heterocycles. The monoisotopic (exact) mass is 317 g/mol. The number of halogens is 1. The number of nitrogens with zero attached hydrogens (tertiary/aromatic N) is 3. The molecule has 2 aromatic rings. The molecule has 0 aliphatic carbocycles. The first-order valence-corrected chi connectivity index (χ1v) is 7.80. The predicted octanol–water partition coefficient (Wildman–Crippen LogP) is 1.47. The SMILES string of the molecule is O=C(Cn1cccn1)N1CC[C@H](Cc2ccccc2F)[C@@H](O)C1. The lowest BCUT2D eigenvalue weighted by Gasteiger charge is -2.36. The van der Waals surface area contributed by atoms with Gasteiger partial charge < -0.3 is 10.0 Å². The summed E-state index contributed by atoms with van der Waals surface area (Å²) in [6.07, 6.45) is 3.89. The molecule has 1 aromatic carbocycles. The van der Waals surface area contributed by atoms with Crippen molar-refractivity contribution in [2.75, 3.05) is 13.1 Å². The molecule has 122 valence electrons. The normalized spacial score (nSPS) is 21.4. The summed E-state index contributed by atoms with van der Waals surface area (Å²) in [5.74, 6) is -0.324. The molecule has 6 heteroatoms. The van der Waals surface area contributed by atoms with Crippen LogP contribution < -0.4 is 0 Å². The molecular formula is C17H20FN3O2. The maximum atomic E-state index is 13.7. The van der Waals surface area contributed by atoms with Crippen LogP contribution in [0.5, 0.6) is 0 Å². The highest BCUT2D eigenvalue weighted by Gasteiger charge is 2.30. The van der Waals surface area contributed by atoms with Crippen molar-refractivity contribution < 1.29 is 14.3 Å². The van der Waals surface area contributed by atoms with Crippen LogP contribution in [0.3, 0.4) is 0 Å². The van der Waals surface area contributed by atoms with Crippen LogP contribution in [0.25, 0.3) is 0 Å². The standard InChI is InChI=1S/C17H20FN3O2/c18-15-5-2-1-4-13(15)10-14-6-9-20(11-16(14)22)17(23)12-21-8-3-7-19-21/h1-5,7-8,14,16,22H,6,9-12H2/t14-,16+/m1/s1. The van der Waals surface area contributed by atoms with Crippen LogP contribution in [0.15, 0.2) is 42.7 Å². The number of benzene rings is 1. The van der Waals surface area contributed by atoms with E-state index in [1.807, 2.05) is 0 Å². The summed E-state index contributed by atoms with van der Waals surface area (Å²) in [6.45, 7) is 1.05. The van der Waals surface area contributed by atoms with Crippen molar-refractivity contribution in [1.82, 2.24) is 14.7 Å². The van der Waals surface area contributed by atoms with E-state index in [9.17, 15) is 14.3 Å². The molecule has 1 fully saturated rings. The Bertz CT molecular complexity index is 660. The van der Waals surface area contributed by atoms with Crippen molar-refractivity contribution in [2.24, 2.45) is 5.92 Å². The van der Waals surface area contributed by atoms with Crippen molar-refractivity contribution in [3.8, 4) is 0 Å². The van der Waals surface area contributed by atoms with Crippen LogP contribution in [0, 0.1) is 11.7 Å². The highest BCUT2D eigenvalue weighted by molar-refractivity contribution is 5.76. The Balaban J connectivity index is 1.57. The molecule has 3 rings (SSSR count). The molecule has 1 aromatic heterocycles. The van der Waals surface area contributed by atoms with Crippen LogP contribution >= 0.6 is 0 Å². The Morgan fingerprint density at radius 3 is 2.87 bits per heavy atom. The number of amides is 1. The number of carbonyl (C=O) groups is 1. The van der Waals surface area contributed by atoms with E-state index in [1.165, 1.54) is 6.07 Å². The van der Waals surface area contributed by atoms with E-state index in [4.69, 9.17) is 0 Å². The van der Waals surface area contributed by atoms with Gasteiger partial charge in [0, 0.05) is 25.5 Å². The third kappa shape index (κ3) is 3.76. The van der Waals surface area contributed by atoms with Gasteiger partial charge in [0.2, 0.25) is 5.91 Å². The first-order valence-electron chi connectivity index (χ1n) is 7.80. The molecule has 1 amide bonds. The van der Waals surface area contributed by atoms with Crippen LogP contribution in [-0.2, 0) is 17.8 Å². The fraction of sp³-hybridized carbons (Fsp3) is 0.412. The van der Waals surface area contributed by atoms with Gasteiger partial charge in [0.25, 0.3) is 0 Å². The van der Waals surface area contributed by atoms with E-state index in [1.54, 1.807) is 46.2 Å². The van der Waals surface area contributed by atoms with Gasteiger partial charge in [0.15, 0.2) is 0 Å². The molecule has 0 saturated carbocycles. The van der Waals surface area contributed by atoms with E-state index in [0.29, 0.717) is 31.5 Å². The van der Waals surface area contributed by atoms with Crippen LogP contribution in [0.1, 0.15) is 12.0 Å². The van der Waals surface area contributed by atoms with Crippen molar-refractivity contribution in [3.05, 3.63) is 54.1 Å². The average molecular weight is 317 g/mol. The van der Waals surface area contributed by atoms with Crippen molar-refractivity contribution in [3.63, 3.8) is 0 Å². The topological polar surface area (TPSA) is 58.4 Å². The number of likely N-dealkylation sites (tertiary alicyclic amines) is 1. The summed E-state index contributed by atoms with van der Waals surface area (Å²) in [5.41, 5.74) is 0.618. The number of rotatable bonds is 4. The Kier molecular flexibility index (Phi) is 4.71. The zero-order chi connectivity index (χ0) is 16.2. The molecule has 0 radical (unpaired) electrons. The zero-order valence-corrected chi connectivity index (χ0v) is 12.8. The highest BCUT2D eigenvalue weighted by atomic mass is 19.1. The molecule has 1 saturated heterocycles. The highest BCUT2D eigenvalue weighted by Crippen LogP contribution is 2.23. The van der Waals surface area contributed by atoms with Gasteiger partial charge in [-0.25, -0.2) is 4.39 Å². The minimum atomic E-state index is -0.634. The Morgan fingerprint density at radius 2 is 2.17 bits per heavy atom. The van der Waals surface area contributed by atoms with Gasteiger partial charge in [-0.2, -0.15) is 5.10 Å². The first kappa shape index (κ1) is 15.7. The van der Waals surface area contributed by atoms with Gasteiger partial charge in [-0.15, -0.1) is 0 Å². The largest absolute Gasteiger partial charge is 0.391 e. The number of β-amino-alcohol motifs (C(OH)–C–C–N with tert-alkyl or cyclic N) is 1. The number of hydrogen-bond acceptors (Lipinski definition) is 3. The molecule has 23 heavy (non-hydrogen) atoms. The van der Waals surface area contributed by atoms with Crippen LogP contribution in [0.4, 0.5) is 4.39 Å². The van der Waals surface area contributed by atoms with Crippen LogP contribution in [-0.4, -0.2) is 44.9 Å². The van der Waals surface area contributed by atoms with Gasteiger partial charge >= 0.3 is 0 Å². The molecule has 5 nitrogen and oxygen atoms in total. The summed E-state index contributed by atoms with van der Waals surface area (Å²) >= 11 is 0. The lowest BCUT2D eigenvalue weighted by molar-refractivity contribution is -0.136. The summed E-state index contributed by atoms with van der Waals surface area (Å²) < 4.78 is 15.3. The lowest BCUT2D eigenvalue weighted by atomic mass is 9.87. The van der Waals surface area contributed by atoms with E-state index < -0.39 is 6.10 Å². The quantitative estimate of drug-likeness (QED) is 0.929. The number of piperidine rings is 1. The summed E-state index contributed by atoms with van der Waals surface area (Å²) in [6, 6.07) is 8.41. The van der Waals surface area contributed by atoms with Crippen molar-refractivity contribution in [1.29, 1.82) is 0 Å². The molecule has 2 atom stereocenters. The smallest absolute Gasteiger partial charge is 0.244 e.